The summed E-state index contributed by atoms with van der Waals surface area (Å²) in [5.74, 6) is 0.191. The van der Waals surface area contributed by atoms with Crippen molar-refractivity contribution in [3.05, 3.63) is 0 Å². The van der Waals surface area contributed by atoms with Crippen LogP contribution in [0.25, 0.3) is 0 Å². The summed E-state index contributed by atoms with van der Waals surface area (Å²) in [6, 6.07) is 0.351. The molecule has 0 unspecified atom stereocenters. The monoisotopic (exact) mass is 226 g/mol. The van der Waals surface area contributed by atoms with Crippen molar-refractivity contribution >= 4 is 5.91 Å². The zero-order valence-corrected chi connectivity index (χ0v) is 9.82. The van der Waals surface area contributed by atoms with Crippen molar-refractivity contribution in [1.29, 1.82) is 0 Å². The first-order valence-electron chi connectivity index (χ1n) is 6.35. The first-order chi connectivity index (χ1) is 7.73. The van der Waals surface area contributed by atoms with Gasteiger partial charge in [0.15, 0.2) is 0 Å². The summed E-state index contributed by atoms with van der Waals surface area (Å²) in [6.45, 7) is 0.995. The van der Waals surface area contributed by atoms with Crippen LogP contribution >= 0.6 is 0 Å². The standard InChI is InChI=1S/C12H22N2O2/c13-9-12(5-6-12)11(16)14(7-8-15)10-3-1-2-4-10/h10,15H,1-9,13H2. The average Bonchev–Trinajstić information content (AvgIpc) is 2.93. The summed E-state index contributed by atoms with van der Waals surface area (Å²) >= 11 is 0. The SMILES string of the molecule is NCC1(C(=O)N(CCO)C2CCCC2)CC1. The molecule has 0 heterocycles. The van der Waals surface area contributed by atoms with Gasteiger partial charge in [0.25, 0.3) is 0 Å². The molecule has 2 fully saturated rings. The molecular formula is C12H22N2O2. The molecule has 2 rings (SSSR count). The van der Waals surface area contributed by atoms with Gasteiger partial charge in [-0.1, -0.05) is 12.8 Å². The zero-order valence-electron chi connectivity index (χ0n) is 9.82. The number of hydrogen-bond donors (Lipinski definition) is 2. The topological polar surface area (TPSA) is 66.6 Å². The molecule has 2 aliphatic rings. The smallest absolute Gasteiger partial charge is 0.230 e. The summed E-state index contributed by atoms with van der Waals surface area (Å²) in [4.78, 5) is 14.3. The van der Waals surface area contributed by atoms with E-state index in [-0.39, 0.29) is 17.9 Å². The van der Waals surface area contributed by atoms with Crippen LogP contribution in [-0.4, -0.2) is 41.7 Å². The molecule has 2 aliphatic carbocycles. The molecule has 0 aromatic heterocycles. The molecular weight excluding hydrogens is 204 g/mol. The normalized spacial score (nSPS) is 23.4. The third-order valence-corrected chi connectivity index (χ3v) is 4.07. The number of aliphatic hydroxyl groups excluding tert-OH is 1. The molecule has 2 saturated carbocycles. The molecule has 0 bridgehead atoms. The van der Waals surface area contributed by atoms with Gasteiger partial charge in [-0.2, -0.15) is 0 Å². The van der Waals surface area contributed by atoms with Crippen LogP contribution in [0.3, 0.4) is 0 Å². The molecule has 92 valence electrons. The molecule has 0 spiro atoms. The highest BCUT2D eigenvalue weighted by atomic mass is 16.3. The van der Waals surface area contributed by atoms with Gasteiger partial charge in [0.05, 0.1) is 12.0 Å². The minimum absolute atomic E-state index is 0.0584. The summed E-state index contributed by atoms with van der Waals surface area (Å²) in [5.41, 5.74) is 5.43. The Morgan fingerprint density at radius 3 is 2.44 bits per heavy atom. The predicted molar refractivity (Wildman–Crippen MR) is 61.8 cm³/mol. The van der Waals surface area contributed by atoms with E-state index in [1.165, 1.54) is 12.8 Å². The summed E-state index contributed by atoms with van der Waals surface area (Å²) < 4.78 is 0. The van der Waals surface area contributed by atoms with E-state index in [0.717, 1.165) is 25.7 Å². The van der Waals surface area contributed by atoms with Crippen LogP contribution in [0.2, 0.25) is 0 Å². The lowest BCUT2D eigenvalue weighted by molar-refractivity contribution is -0.139. The summed E-state index contributed by atoms with van der Waals surface area (Å²) in [5, 5.41) is 9.08. The Morgan fingerprint density at radius 2 is 2.00 bits per heavy atom. The van der Waals surface area contributed by atoms with E-state index in [1.807, 2.05) is 4.90 Å². The first kappa shape index (κ1) is 11.9. The maximum atomic E-state index is 12.4. The molecule has 0 aliphatic heterocycles. The third kappa shape index (κ3) is 2.09. The highest BCUT2D eigenvalue weighted by Crippen LogP contribution is 2.47. The van der Waals surface area contributed by atoms with Crippen LogP contribution in [0, 0.1) is 5.41 Å². The van der Waals surface area contributed by atoms with Crippen molar-refractivity contribution in [2.45, 2.75) is 44.6 Å². The number of amides is 1. The maximum absolute atomic E-state index is 12.4. The molecule has 0 aromatic carbocycles. The van der Waals surface area contributed by atoms with E-state index in [1.54, 1.807) is 0 Å². The lowest BCUT2D eigenvalue weighted by Gasteiger charge is -2.31. The molecule has 0 atom stereocenters. The van der Waals surface area contributed by atoms with E-state index in [0.29, 0.717) is 19.1 Å². The van der Waals surface area contributed by atoms with Gasteiger partial charge in [-0.3, -0.25) is 4.79 Å². The summed E-state index contributed by atoms with van der Waals surface area (Å²) in [6.07, 6.45) is 6.44. The Morgan fingerprint density at radius 1 is 1.38 bits per heavy atom. The number of carbonyl (C=O) groups excluding carboxylic acids is 1. The Labute approximate surface area is 96.8 Å². The quantitative estimate of drug-likeness (QED) is 0.717. The lowest BCUT2D eigenvalue weighted by atomic mass is 10.0. The van der Waals surface area contributed by atoms with Crippen molar-refractivity contribution in [2.24, 2.45) is 11.1 Å². The van der Waals surface area contributed by atoms with Crippen molar-refractivity contribution in [3.63, 3.8) is 0 Å². The number of nitrogens with zero attached hydrogens (tertiary/aromatic N) is 1. The maximum Gasteiger partial charge on any atom is 0.230 e. The number of carbonyl (C=O) groups is 1. The van der Waals surface area contributed by atoms with Crippen molar-refractivity contribution < 1.29 is 9.90 Å². The Bertz CT molecular complexity index is 258. The van der Waals surface area contributed by atoms with E-state index in [9.17, 15) is 4.79 Å². The second kappa shape index (κ2) is 4.72. The van der Waals surface area contributed by atoms with Gasteiger partial charge in [-0.25, -0.2) is 0 Å². The largest absolute Gasteiger partial charge is 0.395 e. The van der Waals surface area contributed by atoms with Gasteiger partial charge in [0.2, 0.25) is 5.91 Å². The molecule has 0 radical (unpaired) electrons. The van der Waals surface area contributed by atoms with Crippen molar-refractivity contribution in [2.75, 3.05) is 19.7 Å². The second-order valence-electron chi connectivity index (χ2n) is 5.14. The number of rotatable bonds is 5. The molecule has 4 nitrogen and oxygen atoms in total. The van der Waals surface area contributed by atoms with E-state index in [2.05, 4.69) is 0 Å². The lowest BCUT2D eigenvalue weighted by Crippen LogP contribution is -2.46. The minimum atomic E-state index is -0.266. The van der Waals surface area contributed by atoms with Crippen LogP contribution in [0.4, 0.5) is 0 Å². The van der Waals surface area contributed by atoms with Crippen LogP contribution in [0.1, 0.15) is 38.5 Å². The predicted octanol–water partition coefficient (Wildman–Crippen LogP) is 0.489. The average molecular weight is 226 g/mol. The van der Waals surface area contributed by atoms with Crippen LogP contribution in [0.15, 0.2) is 0 Å². The van der Waals surface area contributed by atoms with E-state index >= 15 is 0 Å². The number of hydrogen-bond acceptors (Lipinski definition) is 3. The van der Waals surface area contributed by atoms with Gasteiger partial charge in [0.1, 0.15) is 0 Å². The van der Waals surface area contributed by atoms with Crippen LogP contribution in [0.5, 0.6) is 0 Å². The van der Waals surface area contributed by atoms with Crippen molar-refractivity contribution in [1.82, 2.24) is 4.90 Å². The highest BCUT2D eigenvalue weighted by Gasteiger charge is 2.51. The zero-order chi connectivity index (χ0) is 11.6. The fraction of sp³-hybridized carbons (Fsp3) is 0.917. The molecule has 3 N–H and O–H groups in total. The summed E-state index contributed by atoms with van der Waals surface area (Å²) in [7, 11) is 0. The first-order valence-corrected chi connectivity index (χ1v) is 6.35. The van der Waals surface area contributed by atoms with Gasteiger partial charge < -0.3 is 15.7 Å². The van der Waals surface area contributed by atoms with E-state index in [4.69, 9.17) is 10.8 Å². The van der Waals surface area contributed by atoms with Crippen LogP contribution < -0.4 is 5.73 Å². The fourth-order valence-corrected chi connectivity index (χ4v) is 2.73. The molecule has 16 heavy (non-hydrogen) atoms. The fourth-order valence-electron chi connectivity index (χ4n) is 2.73. The Kier molecular flexibility index (Phi) is 3.50. The van der Waals surface area contributed by atoms with Gasteiger partial charge in [-0.15, -0.1) is 0 Å². The number of aliphatic hydroxyl groups is 1. The third-order valence-electron chi connectivity index (χ3n) is 4.07. The highest BCUT2D eigenvalue weighted by molar-refractivity contribution is 5.86. The molecule has 4 heteroatoms. The second-order valence-corrected chi connectivity index (χ2v) is 5.14. The minimum Gasteiger partial charge on any atom is -0.395 e. The molecule has 0 aromatic rings. The van der Waals surface area contributed by atoms with Crippen molar-refractivity contribution in [3.8, 4) is 0 Å². The molecule has 1 amide bonds. The Hall–Kier alpha value is -0.610. The number of nitrogens with two attached hydrogens (primary N) is 1. The van der Waals surface area contributed by atoms with Gasteiger partial charge in [-0.05, 0) is 25.7 Å². The van der Waals surface area contributed by atoms with E-state index < -0.39 is 0 Å². The Balaban J connectivity index is 2.03. The van der Waals surface area contributed by atoms with Gasteiger partial charge in [0, 0.05) is 19.1 Å². The van der Waals surface area contributed by atoms with Gasteiger partial charge >= 0.3 is 0 Å². The van der Waals surface area contributed by atoms with Crippen LogP contribution in [-0.2, 0) is 4.79 Å². The molecule has 0 saturated heterocycles.